The minimum Gasteiger partial charge on any atom is -0.545 e. The van der Waals surface area contributed by atoms with E-state index in [1.165, 1.54) is 6.92 Å². The minimum atomic E-state index is -1.92. The van der Waals surface area contributed by atoms with Crippen LogP contribution >= 0.6 is 0 Å². The molecule has 0 radical (unpaired) electrons. The molecule has 10 heteroatoms. The van der Waals surface area contributed by atoms with E-state index in [9.17, 15) is 24.3 Å². The number of Topliss-reactive ketones (excluding diaryl/α,β-unsaturated/α-hetero) is 1. The van der Waals surface area contributed by atoms with Crippen molar-refractivity contribution in [1.29, 1.82) is 0 Å². The van der Waals surface area contributed by atoms with Gasteiger partial charge in [0.05, 0.1) is 18.8 Å². The normalized spacial score (nSPS) is 11.5. The van der Waals surface area contributed by atoms with Gasteiger partial charge in [-0.15, -0.1) is 0 Å². The first-order chi connectivity index (χ1) is 14.1. The summed E-state index contributed by atoms with van der Waals surface area (Å²) >= 11 is 0. The number of hydrogen-bond donors (Lipinski definition) is 2. The quantitative estimate of drug-likeness (QED) is 0.201. The molecule has 0 saturated heterocycles. The Morgan fingerprint density at radius 1 is 0.806 bits per heavy atom. The van der Waals surface area contributed by atoms with E-state index in [4.69, 9.17) is 4.12 Å². The fourth-order valence-electron chi connectivity index (χ4n) is 3.04. The first-order valence-electron chi connectivity index (χ1n) is 10.5. The monoisotopic (exact) mass is 469 g/mol. The Bertz CT molecular complexity index is 646. The average molecular weight is 470 g/mol. The molecular formula is C21H37N2O6Si2-. The van der Waals surface area contributed by atoms with Crippen molar-refractivity contribution < 1.29 is 28.4 Å². The van der Waals surface area contributed by atoms with E-state index in [1.807, 2.05) is 0 Å². The van der Waals surface area contributed by atoms with Gasteiger partial charge < -0.3 is 24.6 Å². The van der Waals surface area contributed by atoms with Crippen LogP contribution in [0.15, 0.2) is 24.3 Å². The lowest BCUT2D eigenvalue weighted by molar-refractivity contribution is -0.299. The highest BCUT2D eigenvalue weighted by Crippen LogP contribution is 2.23. The van der Waals surface area contributed by atoms with Crippen LogP contribution in [-0.4, -0.2) is 53.3 Å². The van der Waals surface area contributed by atoms with Crippen LogP contribution in [0.25, 0.3) is 0 Å². The zero-order valence-corrected chi connectivity index (χ0v) is 21.5. The molecule has 0 aromatic carbocycles. The number of rotatable bonds is 16. The van der Waals surface area contributed by atoms with Crippen molar-refractivity contribution in [3.63, 3.8) is 0 Å². The van der Waals surface area contributed by atoms with E-state index < -0.39 is 22.6 Å². The summed E-state index contributed by atoms with van der Waals surface area (Å²) in [5, 5.41) is 16.1. The molecule has 176 valence electrons. The van der Waals surface area contributed by atoms with Crippen molar-refractivity contribution in [3.05, 3.63) is 24.3 Å². The predicted octanol–water partition coefficient (Wildman–Crippen LogP) is 1.66. The Kier molecular flexibility index (Phi) is 12.5. The van der Waals surface area contributed by atoms with Crippen LogP contribution in [0.1, 0.15) is 32.6 Å². The summed E-state index contributed by atoms with van der Waals surface area (Å²) in [5.41, 5.74) is 0.0755. The SMILES string of the molecule is C=C(CC(=O)NCCC[Si](C)(C)O[Si](C)(C)CCCNC(=O)CC(=C)C(=O)[O-])C(C)=O. The third-order valence-electron chi connectivity index (χ3n) is 4.64. The lowest BCUT2D eigenvalue weighted by atomic mass is 10.1. The molecule has 2 N–H and O–H groups in total. The third kappa shape index (κ3) is 14.6. The van der Waals surface area contributed by atoms with Crippen LogP contribution in [0.5, 0.6) is 0 Å². The summed E-state index contributed by atoms with van der Waals surface area (Å²) < 4.78 is 6.52. The smallest absolute Gasteiger partial charge is 0.224 e. The summed E-state index contributed by atoms with van der Waals surface area (Å²) in [4.78, 5) is 45.2. The Balaban J connectivity index is 4.19. The summed E-state index contributed by atoms with van der Waals surface area (Å²) in [7, 11) is -3.83. The van der Waals surface area contributed by atoms with Gasteiger partial charge in [0, 0.05) is 13.1 Å². The molecule has 8 nitrogen and oxygen atoms in total. The first kappa shape index (κ1) is 29.0. The number of carbonyl (C=O) groups excluding carboxylic acids is 4. The molecule has 0 heterocycles. The maximum atomic E-state index is 11.8. The average Bonchev–Trinajstić information content (AvgIpc) is 2.61. The number of carbonyl (C=O) groups is 4. The van der Waals surface area contributed by atoms with Crippen LogP contribution in [0, 0.1) is 0 Å². The second kappa shape index (κ2) is 13.4. The summed E-state index contributed by atoms with van der Waals surface area (Å²) in [6.45, 7) is 17.9. The maximum Gasteiger partial charge on any atom is 0.224 e. The molecule has 0 fully saturated rings. The molecule has 31 heavy (non-hydrogen) atoms. The summed E-state index contributed by atoms with van der Waals surface area (Å²) in [6, 6.07) is 1.77. The molecule has 0 aromatic rings. The van der Waals surface area contributed by atoms with Gasteiger partial charge in [0.1, 0.15) is 0 Å². The summed E-state index contributed by atoms with van der Waals surface area (Å²) in [6.07, 6.45) is 1.33. The fourth-order valence-corrected chi connectivity index (χ4v) is 11.9. The Hall–Kier alpha value is -2.05. The Labute approximate surface area is 187 Å². The topological polar surface area (TPSA) is 125 Å². The first-order valence-corrected chi connectivity index (χ1v) is 16.7. The summed E-state index contributed by atoms with van der Waals surface area (Å²) in [5.74, 6) is -2.16. The second-order valence-corrected chi connectivity index (χ2v) is 17.8. The second-order valence-electron chi connectivity index (χ2n) is 8.93. The molecule has 0 rings (SSSR count). The lowest BCUT2D eigenvalue weighted by Gasteiger charge is -2.34. The highest BCUT2D eigenvalue weighted by atomic mass is 28.4. The van der Waals surface area contributed by atoms with E-state index >= 15 is 0 Å². The molecule has 2 amide bonds. The van der Waals surface area contributed by atoms with Crippen LogP contribution in [0.3, 0.4) is 0 Å². The van der Waals surface area contributed by atoms with Crippen LogP contribution in [0.4, 0.5) is 0 Å². The number of carboxylic acid groups (broad SMARTS) is 1. The molecule has 0 bridgehead atoms. The zero-order valence-electron chi connectivity index (χ0n) is 19.5. The van der Waals surface area contributed by atoms with Crippen molar-refractivity contribution in [2.75, 3.05) is 13.1 Å². The standard InChI is InChI=1S/C21H38N2O6Si2/c1-16(18(3)24)14-19(25)22-10-8-12-30(4,5)29-31(6,7)13-9-11-23-20(26)15-17(2)21(27)28/h1-2,8-15H2,3-7H3,(H,22,25)(H,23,26)(H,27,28)/p-1. The number of hydrogen-bond acceptors (Lipinski definition) is 6. The third-order valence-corrected chi connectivity index (χ3v) is 12.2. The molecule has 0 aliphatic rings. The van der Waals surface area contributed by atoms with Crippen LogP contribution < -0.4 is 15.7 Å². The van der Waals surface area contributed by atoms with Gasteiger partial charge in [-0.3, -0.25) is 14.4 Å². The highest BCUT2D eigenvalue weighted by Gasteiger charge is 2.32. The molecule has 0 aliphatic carbocycles. The molecular weight excluding hydrogens is 432 g/mol. The zero-order chi connectivity index (χ0) is 24.2. The number of carboxylic acids is 1. The number of aliphatic carboxylic acids is 1. The van der Waals surface area contributed by atoms with Crippen molar-refractivity contribution in [1.82, 2.24) is 10.6 Å². The molecule has 0 atom stereocenters. The minimum absolute atomic E-state index is 0.0322. The fraction of sp³-hybridized carbons (Fsp3) is 0.619. The van der Waals surface area contributed by atoms with E-state index in [-0.39, 0.29) is 36.0 Å². The van der Waals surface area contributed by atoms with E-state index in [1.54, 1.807) is 0 Å². The number of amides is 2. The predicted molar refractivity (Wildman–Crippen MR) is 124 cm³/mol. The van der Waals surface area contributed by atoms with Gasteiger partial charge in [-0.05, 0) is 69.2 Å². The number of nitrogens with one attached hydrogen (secondary N) is 2. The molecule has 0 spiro atoms. The van der Waals surface area contributed by atoms with Gasteiger partial charge in [-0.1, -0.05) is 13.2 Å². The van der Waals surface area contributed by atoms with Crippen molar-refractivity contribution in [2.24, 2.45) is 0 Å². The van der Waals surface area contributed by atoms with Gasteiger partial charge in [0.15, 0.2) is 22.4 Å². The molecule has 0 aliphatic heterocycles. The highest BCUT2D eigenvalue weighted by molar-refractivity contribution is 6.84. The van der Waals surface area contributed by atoms with Crippen LogP contribution in [-0.2, 0) is 23.3 Å². The largest absolute Gasteiger partial charge is 0.545 e. The number of ketones is 1. The van der Waals surface area contributed by atoms with Crippen LogP contribution in [0.2, 0.25) is 38.3 Å². The Morgan fingerprint density at radius 3 is 1.55 bits per heavy atom. The van der Waals surface area contributed by atoms with Crippen molar-refractivity contribution in [2.45, 2.75) is 70.9 Å². The van der Waals surface area contributed by atoms with E-state index in [0.717, 1.165) is 24.9 Å². The van der Waals surface area contributed by atoms with Gasteiger partial charge in [0.2, 0.25) is 11.8 Å². The molecule has 0 unspecified atom stereocenters. The molecule has 0 aromatic heterocycles. The van der Waals surface area contributed by atoms with Crippen molar-refractivity contribution >= 4 is 40.2 Å². The lowest BCUT2D eigenvalue weighted by Crippen LogP contribution is -2.45. The van der Waals surface area contributed by atoms with Gasteiger partial charge in [-0.2, -0.15) is 0 Å². The van der Waals surface area contributed by atoms with Gasteiger partial charge in [-0.25, -0.2) is 0 Å². The van der Waals surface area contributed by atoms with Crippen molar-refractivity contribution in [3.8, 4) is 0 Å². The van der Waals surface area contributed by atoms with Gasteiger partial charge in [0.25, 0.3) is 0 Å². The van der Waals surface area contributed by atoms with E-state index in [0.29, 0.717) is 18.7 Å². The van der Waals surface area contributed by atoms with Gasteiger partial charge >= 0.3 is 0 Å². The van der Waals surface area contributed by atoms with E-state index in [2.05, 4.69) is 50.0 Å². The Morgan fingerprint density at radius 2 is 1.19 bits per heavy atom. The maximum absolute atomic E-state index is 11.8. The molecule has 0 saturated carbocycles.